The number of ether oxygens (including phenoxy) is 1. The Morgan fingerprint density at radius 1 is 1.43 bits per heavy atom. The number of esters is 1. The lowest BCUT2D eigenvalue weighted by atomic mass is 9.84. The molecule has 2 aliphatic rings. The van der Waals surface area contributed by atoms with E-state index < -0.39 is 0 Å². The van der Waals surface area contributed by atoms with Crippen molar-refractivity contribution in [3.63, 3.8) is 0 Å². The topological polar surface area (TPSA) is 52.3 Å². The van der Waals surface area contributed by atoms with E-state index in [2.05, 4.69) is 4.74 Å². The number of fused-ring (bicyclic) bond motifs is 2. The normalized spacial score (nSPS) is 36.3. The molecule has 2 saturated carbocycles. The first-order valence-electron chi connectivity index (χ1n) is 5.05. The van der Waals surface area contributed by atoms with E-state index in [9.17, 15) is 4.79 Å². The molecule has 0 aliphatic heterocycles. The lowest BCUT2D eigenvalue weighted by Gasteiger charge is -2.25. The maximum atomic E-state index is 11.2. The molecule has 2 rings (SSSR count). The predicted molar refractivity (Wildman–Crippen MR) is 56.2 cm³/mol. The van der Waals surface area contributed by atoms with E-state index in [-0.39, 0.29) is 24.4 Å². The lowest BCUT2D eigenvalue weighted by Crippen LogP contribution is -2.41. The van der Waals surface area contributed by atoms with Gasteiger partial charge in [-0.1, -0.05) is 6.42 Å². The highest BCUT2D eigenvalue weighted by Crippen LogP contribution is 2.49. The Hall–Kier alpha value is -0.280. The molecule has 2 bridgehead atoms. The molecular formula is C10H18ClNO2. The van der Waals surface area contributed by atoms with Gasteiger partial charge in [-0.25, -0.2) is 0 Å². The molecule has 4 unspecified atom stereocenters. The third-order valence-electron chi connectivity index (χ3n) is 3.73. The van der Waals surface area contributed by atoms with Crippen LogP contribution in [0.3, 0.4) is 0 Å². The third kappa shape index (κ3) is 1.89. The van der Waals surface area contributed by atoms with Crippen LogP contribution in [0.5, 0.6) is 0 Å². The summed E-state index contributed by atoms with van der Waals surface area (Å²) in [6, 6.07) is -0.375. The molecule has 0 aromatic heterocycles. The maximum Gasteiger partial charge on any atom is 0.322 e. The van der Waals surface area contributed by atoms with Gasteiger partial charge in [-0.15, -0.1) is 12.4 Å². The van der Waals surface area contributed by atoms with Gasteiger partial charge < -0.3 is 10.5 Å². The summed E-state index contributed by atoms with van der Waals surface area (Å²) < 4.78 is 4.67. The van der Waals surface area contributed by atoms with Crippen molar-refractivity contribution in [3.05, 3.63) is 0 Å². The molecule has 82 valence electrons. The van der Waals surface area contributed by atoms with Gasteiger partial charge in [0.1, 0.15) is 6.04 Å². The number of hydrogen-bond acceptors (Lipinski definition) is 3. The number of carbonyl (C=O) groups excluding carboxylic acids is 1. The summed E-state index contributed by atoms with van der Waals surface area (Å²) in [5, 5.41) is 0. The molecule has 4 heteroatoms. The van der Waals surface area contributed by atoms with Crippen molar-refractivity contribution in [1.29, 1.82) is 0 Å². The van der Waals surface area contributed by atoms with Crippen molar-refractivity contribution in [1.82, 2.24) is 0 Å². The van der Waals surface area contributed by atoms with Crippen molar-refractivity contribution in [2.24, 2.45) is 23.5 Å². The van der Waals surface area contributed by atoms with Gasteiger partial charge in [-0.2, -0.15) is 0 Å². The number of nitrogens with two attached hydrogens (primary N) is 1. The molecule has 4 atom stereocenters. The third-order valence-corrected chi connectivity index (χ3v) is 3.73. The van der Waals surface area contributed by atoms with Crippen molar-refractivity contribution >= 4 is 18.4 Å². The van der Waals surface area contributed by atoms with Crippen LogP contribution >= 0.6 is 12.4 Å². The number of carbonyl (C=O) groups is 1. The largest absolute Gasteiger partial charge is 0.468 e. The van der Waals surface area contributed by atoms with Crippen molar-refractivity contribution in [2.45, 2.75) is 31.7 Å². The first-order valence-corrected chi connectivity index (χ1v) is 5.05. The molecule has 0 heterocycles. The SMILES string of the molecule is COC(=O)C(N)C1CC2CCC1C2.Cl. The summed E-state index contributed by atoms with van der Waals surface area (Å²) in [6.07, 6.45) is 5.03. The van der Waals surface area contributed by atoms with Gasteiger partial charge in [-0.3, -0.25) is 4.79 Å². The summed E-state index contributed by atoms with van der Waals surface area (Å²) >= 11 is 0. The van der Waals surface area contributed by atoms with Gasteiger partial charge in [-0.05, 0) is 37.0 Å². The van der Waals surface area contributed by atoms with Crippen LogP contribution in [0.15, 0.2) is 0 Å². The van der Waals surface area contributed by atoms with Crippen molar-refractivity contribution < 1.29 is 9.53 Å². The number of rotatable bonds is 2. The minimum absolute atomic E-state index is 0. The highest BCUT2D eigenvalue weighted by Gasteiger charge is 2.44. The smallest absolute Gasteiger partial charge is 0.322 e. The molecule has 0 radical (unpaired) electrons. The fraction of sp³-hybridized carbons (Fsp3) is 0.900. The zero-order chi connectivity index (χ0) is 9.42. The van der Waals surface area contributed by atoms with Gasteiger partial charge in [0.2, 0.25) is 0 Å². The van der Waals surface area contributed by atoms with E-state index >= 15 is 0 Å². The van der Waals surface area contributed by atoms with Crippen molar-refractivity contribution in [2.75, 3.05) is 7.11 Å². The van der Waals surface area contributed by atoms with Crippen LogP contribution < -0.4 is 5.73 Å². The first kappa shape index (κ1) is 11.8. The number of halogens is 1. The van der Waals surface area contributed by atoms with Crippen LogP contribution in [0.1, 0.15) is 25.7 Å². The Morgan fingerprint density at radius 3 is 2.57 bits per heavy atom. The second kappa shape index (κ2) is 4.49. The Morgan fingerprint density at radius 2 is 2.14 bits per heavy atom. The summed E-state index contributed by atoms with van der Waals surface area (Å²) in [6.45, 7) is 0. The molecular weight excluding hydrogens is 202 g/mol. The molecule has 0 aromatic rings. The van der Waals surface area contributed by atoms with Crippen LogP contribution in [0.2, 0.25) is 0 Å². The van der Waals surface area contributed by atoms with E-state index in [1.807, 2.05) is 0 Å². The summed E-state index contributed by atoms with van der Waals surface area (Å²) in [4.78, 5) is 11.2. The first-order chi connectivity index (χ1) is 6.22. The van der Waals surface area contributed by atoms with E-state index in [4.69, 9.17) is 5.73 Å². The van der Waals surface area contributed by atoms with Gasteiger partial charge >= 0.3 is 5.97 Å². The Labute approximate surface area is 90.8 Å². The highest BCUT2D eigenvalue weighted by atomic mass is 35.5. The molecule has 0 amide bonds. The Kier molecular flexibility index (Phi) is 3.78. The molecule has 14 heavy (non-hydrogen) atoms. The van der Waals surface area contributed by atoms with E-state index in [1.165, 1.54) is 26.4 Å². The van der Waals surface area contributed by atoms with E-state index in [0.717, 1.165) is 12.3 Å². The van der Waals surface area contributed by atoms with Gasteiger partial charge in [0, 0.05) is 0 Å². The zero-order valence-electron chi connectivity index (χ0n) is 8.44. The second-order valence-electron chi connectivity index (χ2n) is 4.39. The van der Waals surface area contributed by atoms with Crippen LogP contribution in [0.25, 0.3) is 0 Å². The van der Waals surface area contributed by atoms with E-state index in [0.29, 0.717) is 11.8 Å². The van der Waals surface area contributed by atoms with E-state index in [1.54, 1.807) is 0 Å². The molecule has 3 nitrogen and oxygen atoms in total. The average molecular weight is 220 g/mol. The zero-order valence-corrected chi connectivity index (χ0v) is 9.26. The lowest BCUT2D eigenvalue weighted by molar-refractivity contribution is -0.144. The van der Waals surface area contributed by atoms with Crippen LogP contribution in [0, 0.1) is 17.8 Å². The minimum Gasteiger partial charge on any atom is -0.468 e. The monoisotopic (exact) mass is 219 g/mol. The fourth-order valence-corrected chi connectivity index (χ4v) is 3.04. The molecule has 2 aliphatic carbocycles. The summed E-state index contributed by atoms with van der Waals surface area (Å²) in [5.74, 6) is 1.69. The quantitative estimate of drug-likeness (QED) is 0.714. The molecule has 2 N–H and O–H groups in total. The predicted octanol–water partition coefficient (Wildman–Crippen LogP) is 1.34. The maximum absolute atomic E-state index is 11.2. The molecule has 2 fully saturated rings. The molecule has 0 aromatic carbocycles. The minimum atomic E-state index is -0.375. The second-order valence-corrected chi connectivity index (χ2v) is 4.39. The van der Waals surface area contributed by atoms with Crippen LogP contribution in [-0.2, 0) is 9.53 Å². The standard InChI is InChI=1S/C10H17NO2.ClH/c1-13-10(12)9(11)8-5-6-2-3-7(8)4-6;/h6-9H,2-5,11H2,1H3;1H. The fourth-order valence-electron chi connectivity index (χ4n) is 3.04. The molecule has 0 spiro atoms. The van der Waals surface area contributed by atoms with Gasteiger partial charge in [0.25, 0.3) is 0 Å². The summed E-state index contributed by atoms with van der Waals surface area (Å²) in [5.41, 5.74) is 5.85. The number of hydrogen-bond donors (Lipinski definition) is 1. The summed E-state index contributed by atoms with van der Waals surface area (Å²) in [7, 11) is 1.41. The van der Waals surface area contributed by atoms with Gasteiger partial charge in [0.05, 0.1) is 7.11 Å². The Bertz CT molecular complexity index is 222. The average Bonchev–Trinajstić information content (AvgIpc) is 2.76. The molecule has 0 saturated heterocycles. The van der Waals surface area contributed by atoms with Gasteiger partial charge in [0.15, 0.2) is 0 Å². The van der Waals surface area contributed by atoms with Crippen LogP contribution in [0.4, 0.5) is 0 Å². The Balaban J connectivity index is 0.000000980. The van der Waals surface area contributed by atoms with Crippen LogP contribution in [-0.4, -0.2) is 19.1 Å². The van der Waals surface area contributed by atoms with Crippen molar-refractivity contribution in [3.8, 4) is 0 Å². The highest BCUT2D eigenvalue weighted by molar-refractivity contribution is 5.85. The number of methoxy groups -OCH3 is 1.